The lowest BCUT2D eigenvalue weighted by Crippen LogP contribution is -2.51. The molecule has 146 valence electrons. The van der Waals surface area contributed by atoms with Crippen molar-refractivity contribution in [3.8, 4) is 11.5 Å². The molecule has 2 saturated carbocycles. The lowest BCUT2D eigenvalue weighted by Gasteiger charge is -2.37. The number of Topliss-reactive ketones (excluding diaryl/α,β-unsaturated/α-hetero) is 2. The molecule has 27 heavy (non-hydrogen) atoms. The van der Waals surface area contributed by atoms with E-state index in [1.807, 2.05) is 39.0 Å². The van der Waals surface area contributed by atoms with Crippen LogP contribution in [0.5, 0.6) is 11.5 Å². The minimum Gasteiger partial charge on any atom is -0.493 e. The van der Waals surface area contributed by atoms with Crippen LogP contribution in [0.25, 0.3) is 0 Å². The summed E-state index contributed by atoms with van der Waals surface area (Å²) in [5.41, 5.74) is -1.68. The number of ketones is 2. The second-order valence-electron chi connectivity index (χ2n) is 8.22. The van der Waals surface area contributed by atoms with Crippen molar-refractivity contribution in [3.63, 3.8) is 0 Å². The third-order valence-electron chi connectivity index (χ3n) is 7.08. The number of carbonyl (C=O) groups excluding carboxylic acids is 3. The van der Waals surface area contributed by atoms with Gasteiger partial charge in [0, 0.05) is 12.0 Å². The van der Waals surface area contributed by atoms with Gasteiger partial charge in [0.2, 0.25) is 17.5 Å². The van der Waals surface area contributed by atoms with Crippen molar-refractivity contribution >= 4 is 17.5 Å². The van der Waals surface area contributed by atoms with Crippen LogP contribution < -0.4 is 14.8 Å². The number of carbonyl (C=O) groups is 3. The van der Waals surface area contributed by atoms with Gasteiger partial charge in [-0.1, -0.05) is 26.8 Å². The minimum atomic E-state index is -1.24. The number of hydrogen-bond acceptors (Lipinski definition) is 5. The van der Waals surface area contributed by atoms with Crippen molar-refractivity contribution in [2.24, 2.45) is 16.2 Å². The molecule has 0 aliphatic heterocycles. The van der Waals surface area contributed by atoms with Gasteiger partial charge in [0.05, 0.1) is 14.2 Å². The van der Waals surface area contributed by atoms with E-state index in [9.17, 15) is 14.4 Å². The van der Waals surface area contributed by atoms with Gasteiger partial charge in [-0.15, -0.1) is 0 Å². The number of hydrogen-bond donors (Lipinski definition) is 1. The van der Waals surface area contributed by atoms with Gasteiger partial charge in [0.15, 0.2) is 11.5 Å². The summed E-state index contributed by atoms with van der Waals surface area (Å²) >= 11 is 0. The fourth-order valence-corrected chi connectivity index (χ4v) is 4.78. The Hall–Kier alpha value is -2.37. The Labute approximate surface area is 159 Å². The van der Waals surface area contributed by atoms with Crippen molar-refractivity contribution < 1.29 is 23.9 Å². The van der Waals surface area contributed by atoms with Crippen LogP contribution in [0.3, 0.4) is 0 Å². The lowest BCUT2D eigenvalue weighted by atomic mass is 9.64. The third-order valence-corrected chi connectivity index (χ3v) is 7.08. The van der Waals surface area contributed by atoms with E-state index in [1.165, 1.54) is 0 Å². The summed E-state index contributed by atoms with van der Waals surface area (Å²) in [5, 5.41) is 2.90. The molecule has 1 aromatic rings. The standard InChI is InChI=1S/C21H27NO5/c1-19(2)20(3)9-10-21(19,17(24)16(20)23)18(25)22-11-8-13-6-7-14(26-4)15(12-13)27-5/h6-7,12H,8-11H2,1-5H3,(H,22,25)/t20-,21-/m1/s1. The van der Waals surface area contributed by atoms with Crippen LogP contribution in [0.2, 0.25) is 0 Å². The Kier molecular flexibility index (Phi) is 4.57. The van der Waals surface area contributed by atoms with E-state index in [-0.39, 0.29) is 5.91 Å². The number of methoxy groups -OCH3 is 2. The van der Waals surface area contributed by atoms with Gasteiger partial charge in [-0.3, -0.25) is 14.4 Å². The predicted octanol–water partition coefficient (Wildman–Crippen LogP) is 2.33. The van der Waals surface area contributed by atoms with Crippen molar-refractivity contribution in [1.29, 1.82) is 0 Å². The quantitative estimate of drug-likeness (QED) is 0.611. The van der Waals surface area contributed by atoms with E-state index < -0.39 is 27.8 Å². The molecule has 0 saturated heterocycles. The van der Waals surface area contributed by atoms with E-state index >= 15 is 0 Å². The van der Waals surface area contributed by atoms with E-state index in [0.29, 0.717) is 37.3 Å². The number of amides is 1. The van der Waals surface area contributed by atoms with Crippen molar-refractivity contribution in [1.82, 2.24) is 5.32 Å². The van der Waals surface area contributed by atoms with E-state index in [0.717, 1.165) is 5.56 Å². The van der Waals surface area contributed by atoms with Crippen LogP contribution in [0.1, 0.15) is 39.2 Å². The zero-order valence-corrected chi connectivity index (χ0v) is 16.6. The van der Waals surface area contributed by atoms with Gasteiger partial charge in [-0.05, 0) is 42.4 Å². The molecule has 1 N–H and O–H groups in total. The Bertz CT molecular complexity index is 815. The number of benzene rings is 1. The molecule has 0 aromatic heterocycles. The third kappa shape index (κ3) is 2.42. The van der Waals surface area contributed by atoms with Gasteiger partial charge in [-0.25, -0.2) is 0 Å². The molecule has 2 atom stereocenters. The normalized spacial score (nSPS) is 28.3. The van der Waals surface area contributed by atoms with Gasteiger partial charge >= 0.3 is 0 Å². The molecule has 1 aromatic carbocycles. The Morgan fingerprint density at radius 3 is 2.26 bits per heavy atom. The predicted molar refractivity (Wildman–Crippen MR) is 99.8 cm³/mol. The van der Waals surface area contributed by atoms with Crippen molar-refractivity contribution in [2.75, 3.05) is 20.8 Å². The maximum absolute atomic E-state index is 13.0. The molecule has 6 nitrogen and oxygen atoms in total. The molecule has 0 unspecified atom stereocenters. The molecule has 0 heterocycles. The molecule has 1 amide bonds. The number of ether oxygens (including phenoxy) is 2. The smallest absolute Gasteiger partial charge is 0.234 e. The summed E-state index contributed by atoms with van der Waals surface area (Å²) < 4.78 is 10.5. The van der Waals surface area contributed by atoms with Gasteiger partial charge in [-0.2, -0.15) is 0 Å². The summed E-state index contributed by atoms with van der Waals surface area (Å²) in [6, 6.07) is 5.59. The molecule has 6 heteroatoms. The highest BCUT2D eigenvalue weighted by molar-refractivity contribution is 6.48. The first kappa shape index (κ1) is 19.4. The Morgan fingerprint density at radius 1 is 1.04 bits per heavy atom. The summed E-state index contributed by atoms with van der Waals surface area (Å²) in [6.07, 6.45) is 1.60. The zero-order valence-electron chi connectivity index (χ0n) is 16.6. The maximum atomic E-state index is 13.0. The molecule has 3 rings (SSSR count). The molecule has 0 spiro atoms. The van der Waals surface area contributed by atoms with Crippen LogP contribution in [0, 0.1) is 16.2 Å². The first-order valence-electron chi connectivity index (χ1n) is 9.24. The minimum absolute atomic E-state index is 0.326. The van der Waals surface area contributed by atoms with E-state index in [1.54, 1.807) is 14.2 Å². The number of fused-ring (bicyclic) bond motifs is 2. The number of nitrogens with one attached hydrogen (secondary N) is 1. The average molecular weight is 373 g/mol. The highest BCUT2D eigenvalue weighted by Gasteiger charge is 2.77. The van der Waals surface area contributed by atoms with Crippen LogP contribution in [0.15, 0.2) is 18.2 Å². The van der Waals surface area contributed by atoms with Gasteiger partial charge in [0.25, 0.3) is 0 Å². The first-order valence-corrected chi connectivity index (χ1v) is 9.24. The maximum Gasteiger partial charge on any atom is 0.234 e. The summed E-state index contributed by atoms with van der Waals surface area (Å²) in [4.78, 5) is 38.2. The second kappa shape index (κ2) is 6.36. The van der Waals surface area contributed by atoms with Gasteiger partial charge in [0.1, 0.15) is 5.41 Å². The SMILES string of the molecule is COc1ccc(CCNC(=O)[C@@]23CC[C@](C)(C(=O)C2=O)C3(C)C)cc1OC. The van der Waals surface area contributed by atoms with Crippen LogP contribution >= 0.6 is 0 Å². The lowest BCUT2D eigenvalue weighted by molar-refractivity contribution is -0.149. The largest absolute Gasteiger partial charge is 0.493 e. The van der Waals surface area contributed by atoms with Crippen LogP contribution in [0.4, 0.5) is 0 Å². The molecule has 2 fully saturated rings. The molecule has 2 bridgehead atoms. The van der Waals surface area contributed by atoms with Crippen molar-refractivity contribution in [2.45, 2.75) is 40.0 Å². The summed E-state index contributed by atoms with van der Waals surface area (Å²) in [7, 11) is 3.15. The van der Waals surface area contributed by atoms with Crippen molar-refractivity contribution in [3.05, 3.63) is 23.8 Å². The molecule has 2 aliphatic rings. The van der Waals surface area contributed by atoms with E-state index in [4.69, 9.17) is 9.47 Å². The summed E-state index contributed by atoms with van der Waals surface area (Å²) in [5.74, 6) is 0.0293. The monoisotopic (exact) mass is 373 g/mol. The topological polar surface area (TPSA) is 81.7 Å². The average Bonchev–Trinajstić information content (AvgIpc) is 2.93. The molecular formula is C21H27NO5. The first-order chi connectivity index (χ1) is 12.7. The fraction of sp³-hybridized carbons (Fsp3) is 0.571. The number of rotatable bonds is 6. The fourth-order valence-electron chi connectivity index (χ4n) is 4.78. The highest BCUT2D eigenvalue weighted by atomic mass is 16.5. The molecule has 0 radical (unpaired) electrons. The van der Waals surface area contributed by atoms with Crippen LogP contribution in [-0.2, 0) is 20.8 Å². The second-order valence-corrected chi connectivity index (χ2v) is 8.22. The summed E-state index contributed by atoms with van der Waals surface area (Å²) in [6.45, 7) is 5.94. The Balaban J connectivity index is 1.72. The van der Waals surface area contributed by atoms with Crippen LogP contribution in [-0.4, -0.2) is 38.2 Å². The van der Waals surface area contributed by atoms with E-state index in [2.05, 4.69) is 5.32 Å². The zero-order chi connectivity index (χ0) is 20.0. The van der Waals surface area contributed by atoms with Gasteiger partial charge < -0.3 is 14.8 Å². The molecule has 2 aliphatic carbocycles. The highest BCUT2D eigenvalue weighted by Crippen LogP contribution is 2.68. The molecular weight excluding hydrogens is 346 g/mol. The Morgan fingerprint density at radius 2 is 1.70 bits per heavy atom.